The minimum absolute atomic E-state index is 0.0883. The predicted molar refractivity (Wildman–Crippen MR) is 143 cm³/mol. The van der Waals surface area contributed by atoms with E-state index in [2.05, 4.69) is 10.3 Å². The molecule has 0 aliphatic heterocycles. The number of fused-ring (bicyclic) bond motifs is 1. The molecular weight excluding hydrogens is 504 g/mol. The summed E-state index contributed by atoms with van der Waals surface area (Å²) in [6, 6.07) is 16.6. The second-order valence-electron chi connectivity index (χ2n) is 9.84. The maximum absolute atomic E-state index is 14.6. The summed E-state index contributed by atoms with van der Waals surface area (Å²) in [5.41, 5.74) is 1.84. The average Bonchev–Trinajstić information content (AvgIpc) is 3.28. The van der Waals surface area contributed by atoms with Crippen molar-refractivity contribution in [2.75, 3.05) is 12.4 Å². The van der Waals surface area contributed by atoms with Crippen molar-refractivity contribution in [1.82, 2.24) is 9.55 Å². The second-order valence-corrected chi connectivity index (χ2v) is 9.84. The van der Waals surface area contributed by atoms with E-state index in [0.717, 1.165) is 49.8 Å². The number of carboxylic acid groups (broad SMARTS) is 1. The molecule has 2 N–H and O–H groups in total. The van der Waals surface area contributed by atoms with Gasteiger partial charge in [0.2, 0.25) is 5.91 Å². The monoisotopic (exact) mass is 533 g/mol. The maximum Gasteiger partial charge on any atom is 0.335 e. The Labute approximate surface area is 224 Å². The topological polar surface area (TPSA) is 93.5 Å². The van der Waals surface area contributed by atoms with Crippen molar-refractivity contribution in [1.29, 1.82) is 0 Å². The normalized spacial score (nSPS) is 15.7. The first-order chi connectivity index (χ1) is 18.9. The van der Waals surface area contributed by atoms with Crippen LogP contribution in [0.2, 0.25) is 0 Å². The van der Waals surface area contributed by atoms with Crippen molar-refractivity contribution >= 4 is 28.6 Å². The van der Waals surface area contributed by atoms with Crippen LogP contribution >= 0.6 is 0 Å². The van der Waals surface area contributed by atoms with E-state index >= 15 is 0 Å². The summed E-state index contributed by atoms with van der Waals surface area (Å²) in [6.07, 6.45) is 3.81. The smallest absolute Gasteiger partial charge is 0.335 e. The summed E-state index contributed by atoms with van der Waals surface area (Å²) in [5.74, 6) is -3.19. The van der Waals surface area contributed by atoms with E-state index in [1.54, 1.807) is 4.57 Å². The molecule has 9 heteroatoms. The Bertz CT molecular complexity index is 1480. The number of methoxy groups -OCH3 is 1. The van der Waals surface area contributed by atoms with Crippen LogP contribution in [0.3, 0.4) is 0 Å². The van der Waals surface area contributed by atoms with E-state index in [-0.39, 0.29) is 22.9 Å². The van der Waals surface area contributed by atoms with Crippen molar-refractivity contribution in [2.45, 2.75) is 44.2 Å². The minimum Gasteiger partial charge on any atom is -0.478 e. The van der Waals surface area contributed by atoms with Gasteiger partial charge in [-0.25, -0.2) is 18.6 Å². The molecule has 0 radical (unpaired) electrons. The first-order valence-corrected chi connectivity index (χ1v) is 13.0. The molecule has 0 unspecified atom stereocenters. The van der Waals surface area contributed by atoms with Gasteiger partial charge in [-0.05, 0) is 48.6 Å². The van der Waals surface area contributed by atoms with Crippen molar-refractivity contribution in [3.63, 3.8) is 0 Å². The SMILES string of the molecule is CO[C@H](c1ccccc1)c1nc2cc(F)c(F)cc2n1[C@@H](C(=O)Nc1ccc(C(=O)O)cc1)C1CCCCC1. The fourth-order valence-corrected chi connectivity index (χ4v) is 5.51. The molecular formula is C30H29F2N3O4. The number of carbonyl (C=O) groups excluding carboxylic acids is 1. The molecule has 2 atom stereocenters. The summed E-state index contributed by atoms with van der Waals surface area (Å²) >= 11 is 0. The number of nitrogens with zero attached hydrogens (tertiary/aromatic N) is 2. The van der Waals surface area contributed by atoms with Crippen molar-refractivity contribution < 1.29 is 28.2 Å². The van der Waals surface area contributed by atoms with Gasteiger partial charge in [0.15, 0.2) is 11.6 Å². The first kappa shape index (κ1) is 26.5. The molecule has 4 aromatic rings. The third-order valence-electron chi connectivity index (χ3n) is 7.37. The molecule has 5 rings (SSSR count). The van der Waals surface area contributed by atoms with Gasteiger partial charge in [0.25, 0.3) is 0 Å². The largest absolute Gasteiger partial charge is 0.478 e. The predicted octanol–water partition coefficient (Wildman–Crippen LogP) is 6.51. The maximum atomic E-state index is 14.6. The summed E-state index contributed by atoms with van der Waals surface area (Å²) < 4.78 is 36.5. The molecule has 1 aromatic heterocycles. The zero-order valence-corrected chi connectivity index (χ0v) is 21.4. The number of benzene rings is 3. The Hall–Kier alpha value is -4.11. The van der Waals surface area contributed by atoms with Gasteiger partial charge in [0.1, 0.15) is 18.0 Å². The Kier molecular flexibility index (Phi) is 7.70. The number of ether oxygens (including phenoxy) is 1. The van der Waals surface area contributed by atoms with Gasteiger partial charge in [0, 0.05) is 24.9 Å². The lowest BCUT2D eigenvalue weighted by atomic mass is 9.83. The quantitative estimate of drug-likeness (QED) is 0.269. The van der Waals surface area contributed by atoms with Gasteiger partial charge < -0.3 is 19.7 Å². The molecule has 0 saturated heterocycles. The molecule has 3 aromatic carbocycles. The molecule has 1 fully saturated rings. The Morgan fingerprint density at radius 2 is 1.67 bits per heavy atom. The zero-order valence-electron chi connectivity index (χ0n) is 21.4. The molecule has 7 nitrogen and oxygen atoms in total. The van der Waals surface area contributed by atoms with Crippen LogP contribution in [0.15, 0.2) is 66.7 Å². The highest BCUT2D eigenvalue weighted by Crippen LogP contribution is 2.39. The number of amides is 1. The molecule has 202 valence electrons. The van der Waals surface area contributed by atoms with Crippen molar-refractivity contribution in [3.8, 4) is 0 Å². The highest BCUT2D eigenvalue weighted by Gasteiger charge is 2.36. The number of hydrogen-bond acceptors (Lipinski definition) is 4. The van der Waals surface area contributed by atoms with E-state index in [4.69, 9.17) is 4.74 Å². The van der Waals surface area contributed by atoms with Crippen LogP contribution in [0.25, 0.3) is 11.0 Å². The van der Waals surface area contributed by atoms with E-state index in [1.165, 1.54) is 31.4 Å². The molecule has 1 aliphatic rings. The summed E-state index contributed by atoms with van der Waals surface area (Å²) in [6.45, 7) is 0. The highest BCUT2D eigenvalue weighted by molar-refractivity contribution is 5.96. The number of rotatable bonds is 8. The zero-order chi connectivity index (χ0) is 27.5. The van der Waals surface area contributed by atoms with Crippen LogP contribution in [0, 0.1) is 17.6 Å². The van der Waals surface area contributed by atoms with E-state index in [0.29, 0.717) is 17.0 Å². The number of carbonyl (C=O) groups is 2. The van der Waals surface area contributed by atoms with Crippen LogP contribution in [0.5, 0.6) is 0 Å². The van der Waals surface area contributed by atoms with Crippen LogP contribution < -0.4 is 5.32 Å². The van der Waals surface area contributed by atoms with Gasteiger partial charge >= 0.3 is 5.97 Å². The van der Waals surface area contributed by atoms with E-state index in [1.807, 2.05) is 30.3 Å². The van der Waals surface area contributed by atoms with Crippen LogP contribution in [0.4, 0.5) is 14.5 Å². The standard InChI is InChI=1S/C30H29F2N3O4/c1-39-27(19-10-6-3-7-11-19)28-34-24-16-22(31)23(32)17-25(24)35(28)26(18-8-4-2-5-9-18)29(36)33-21-14-12-20(13-15-21)30(37)38/h3,6-7,10-18,26-27H,2,4-5,8-9H2,1H3,(H,33,36)(H,37,38)/t26-,27-/m1/s1. The number of anilines is 1. The Balaban J connectivity index is 1.66. The molecule has 1 saturated carbocycles. The molecule has 1 heterocycles. The summed E-state index contributed by atoms with van der Waals surface area (Å²) in [4.78, 5) is 30.0. The van der Waals surface area contributed by atoms with Crippen molar-refractivity contribution in [3.05, 3.63) is 95.3 Å². The van der Waals surface area contributed by atoms with Crippen molar-refractivity contribution in [2.24, 2.45) is 5.92 Å². The Morgan fingerprint density at radius 3 is 2.31 bits per heavy atom. The highest BCUT2D eigenvalue weighted by atomic mass is 19.2. The first-order valence-electron chi connectivity index (χ1n) is 13.0. The molecule has 1 amide bonds. The van der Waals surface area contributed by atoms with Gasteiger partial charge in [-0.3, -0.25) is 4.79 Å². The van der Waals surface area contributed by atoms with Gasteiger partial charge in [-0.1, -0.05) is 49.6 Å². The summed E-state index contributed by atoms with van der Waals surface area (Å²) in [7, 11) is 1.53. The number of carboxylic acids is 1. The lowest BCUT2D eigenvalue weighted by molar-refractivity contribution is -0.121. The third-order valence-corrected chi connectivity index (χ3v) is 7.37. The second kappa shape index (κ2) is 11.3. The van der Waals surface area contributed by atoms with E-state index < -0.39 is 29.7 Å². The summed E-state index contributed by atoms with van der Waals surface area (Å²) in [5, 5.41) is 12.1. The lowest BCUT2D eigenvalue weighted by Gasteiger charge is -2.33. The van der Waals surface area contributed by atoms with Gasteiger partial charge in [0.05, 0.1) is 16.6 Å². The molecule has 1 aliphatic carbocycles. The fraction of sp³-hybridized carbons (Fsp3) is 0.300. The van der Waals surface area contributed by atoms with Gasteiger partial charge in [-0.2, -0.15) is 0 Å². The van der Waals surface area contributed by atoms with Crippen LogP contribution in [-0.2, 0) is 9.53 Å². The minimum atomic E-state index is -1.07. The van der Waals surface area contributed by atoms with E-state index in [9.17, 15) is 23.5 Å². The van der Waals surface area contributed by atoms with Crippen LogP contribution in [0.1, 0.15) is 66.0 Å². The number of halogens is 2. The molecule has 0 bridgehead atoms. The van der Waals surface area contributed by atoms with Crippen LogP contribution in [-0.4, -0.2) is 33.6 Å². The number of nitrogens with one attached hydrogen (secondary N) is 1. The molecule has 39 heavy (non-hydrogen) atoms. The average molecular weight is 534 g/mol. The lowest BCUT2D eigenvalue weighted by Crippen LogP contribution is -2.35. The number of hydrogen-bond donors (Lipinski definition) is 2. The fourth-order valence-electron chi connectivity index (χ4n) is 5.51. The number of imidazole rings is 1. The molecule has 0 spiro atoms. The third kappa shape index (κ3) is 5.40. The van der Waals surface area contributed by atoms with Gasteiger partial charge in [-0.15, -0.1) is 0 Å². The number of aromatic nitrogens is 2. The Morgan fingerprint density at radius 1 is 1.00 bits per heavy atom. The number of aromatic carboxylic acids is 1.